The third-order valence-corrected chi connectivity index (χ3v) is 7.58. The van der Waals surface area contributed by atoms with E-state index in [-0.39, 0.29) is 11.5 Å². The summed E-state index contributed by atoms with van der Waals surface area (Å²) in [5, 5.41) is 16.6. The molecule has 0 radical (unpaired) electrons. The molecule has 9 heteroatoms. The Bertz CT molecular complexity index is 1350. The maximum atomic E-state index is 13.3. The monoisotopic (exact) mass is 466 g/mol. The molecule has 1 amide bonds. The first-order valence-electron chi connectivity index (χ1n) is 9.56. The largest absolute Gasteiger partial charge is 0.324 e. The van der Waals surface area contributed by atoms with Crippen LogP contribution in [0.4, 0.5) is 5.69 Å². The Labute approximate surface area is 191 Å². The van der Waals surface area contributed by atoms with Gasteiger partial charge in [-0.1, -0.05) is 30.0 Å². The van der Waals surface area contributed by atoms with E-state index in [2.05, 4.69) is 11.4 Å². The van der Waals surface area contributed by atoms with Gasteiger partial charge in [-0.05, 0) is 37.4 Å². The van der Waals surface area contributed by atoms with E-state index in [0.717, 1.165) is 10.4 Å². The van der Waals surface area contributed by atoms with Crippen LogP contribution in [0.25, 0.3) is 20.7 Å². The molecule has 0 bridgehead atoms. The number of hydrogen-bond acceptors (Lipinski definition) is 7. The van der Waals surface area contributed by atoms with Crippen LogP contribution in [-0.2, 0) is 11.3 Å². The molecule has 156 valence electrons. The lowest BCUT2D eigenvalue weighted by atomic mass is 10.2. The van der Waals surface area contributed by atoms with Gasteiger partial charge in [0.15, 0.2) is 5.16 Å². The van der Waals surface area contributed by atoms with Gasteiger partial charge >= 0.3 is 0 Å². The van der Waals surface area contributed by atoms with Gasteiger partial charge in [-0.2, -0.15) is 5.26 Å². The third-order valence-electron chi connectivity index (χ3n) is 4.72. The maximum absolute atomic E-state index is 13.3. The van der Waals surface area contributed by atoms with Crippen molar-refractivity contribution < 1.29 is 4.79 Å². The van der Waals surface area contributed by atoms with Crippen molar-refractivity contribution in [2.75, 3.05) is 5.32 Å². The molecule has 1 N–H and O–H groups in total. The molecular weight excluding hydrogens is 448 g/mol. The van der Waals surface area contributed by atoms with Crippen LogP contribution < -0.4 is 10.9 Å². The average molecular weight is 467 g/mol. The molecule has 0 fully saturated rings. The zero-order valence-corrected chi connectivity index (χ0v) is 19.2. The number of nitrogens with zero attached hydrogens (tertiary/aromatic N) is 3. The fraction of sp³-hybridized carbons (Fsp3) is 0.182. The lowest BCUT2D eigenvalue weighted by Gasteiger charge is -2.15. The zero-order valence-electron chi connectivity index (χ0n) is 16.8. The molecule has 31 heavy (non-hydrogen) atoms. The summed E-state index contributed by atoms with van der Waals surface area (Å²) in [7, 11) is 0. The topological polar surface area (TPSA) is 87.8 Å². The Morgan fingerprint density at radius 3 is 2.81 bits per heavy atom. The number of fused-ring (bicyclic) bond motifs is 1. The summed E-state index contributed by atoms with van der Waals surface area (Å²) in [6, 6.07) is 12.9. The van der Waals surface area contributed by atoms with Crippen LogP contribution in [0.2, 0.25) is 0 Å². The van der Waals surface area contributed by atoms with Crippen molar-refractivity contribution in [3.8, 4) is 16.5 Å². The highest BCUT2D eigenvalue weighted by molar-refractivity contribution is 8.00. The number of carbonyl (C=O) groups is 1. The summed E-state index contributed by atoms with van der Waals surface area (Å²) in [5.41, 5.74) is 1.68. The fourth-order valence-electron chi connectivity index (χ4n) is 3.12. The van der Waals surface area contributed by atoms with Crippen molar-refractivity contribution in [3.63, 3.8) is 0 Å². The summed E-state index contributed by atoms with van der Waals surface area (Å²) >= 11 is 4.26. The molecule has 1 unspecified atom stereocenters. The number of benzene rings is 1. The first-order valence-corrected chi connectivity index (χ1v) is 12.2. The summed E-state index contributed by atoms with van der Waals surface area (Å²) in [4.78, 5) is 32.4. The van der Waals surface area contributed by atoms with E-state index >= 15 is 0 Å². The van der Waals surface area contributed by atoms with Crippen LogP contribution in [0.1, 0.15) is 19.4 Å². The number of anilines is 1. The fourth-order valence-corrected chi connectivity index (χ4v) is 5.90. The van der Waals surface area contributed by atoms with Crippen LogP contribution >= 0.6 is 34.4 Å². The molecule has 0 aliphatic heterocycles. The summed E-state index contributed by atoms with van der Waals surface area (Å²) in [6.45, 7) is 4.11. The van der Waals surface area contributed by atoms with Crippen LogP contribution in [0, 0.1) is 11.3 Å². The minimum absolute atomic E-state index is 0.0953. The minimum atomic E-state index is -0.509. The second kappa shape index (κ2) is 9.06. The van der Waals surface area contributed by atoms with Crippen molar-refractivity contribution >= 4 is 56.2 Å². The molecule has 0 aliphatic rings. The number of amides is 1. The summed E-state index contributed by atoms with van der Waals surface area (Å²) < 4.78 is 1.61. The number of aromatic nitrogens is 2. The lowest BCUT2D eigenvalue weighted by Crippen LogP contribution is -2.26. The Kier molecular flexibility index (Phi) is 6.23. The molecule has 6 nitrogen and oxygen atoms in total. The number of hydrogen-bond donors (Lipinski definition) is 1. The van der Waals surface area contributed by atoms with E-state index in [0.29, 0.717) is 33.2 Å². The zero-order chi connectivity index (χ0) is 22.0. The van der Waals surface area contributed by atoms with Crippen molar-refractivity contribution in [2.24, 2.45) is 0 Å². The van der Waals surface area contributed by atoms with Crippen LogP contribution in [0.5, 0.6) is 0 Å². The normalized spacial score (nSPS) is 11.9. The van der Waals surface area contributed by atoms with Gasteiger partial charge in [-0.25, -0.2) is 4.98 Å². The molecular formula is C22H18N4O2S3. The molecule has 1 aromatic carbocycles. The number of carbonyl (C=O) groups excluding carboxylic acids is 1. The smallest absolute Gasteiger partial charge is 0.263 e. The van der Waals surface area contributed by atoms with Gasteiger partial charge in [0.1, 0.15) is 10.9 Å². The molecule has 0 saturated heterocycles. The van der Waals surface area contributed by atoms with Crippen molar-refractivity contribution in [3.05, 3.63) is 63.1 Å². The quantitative estimate of drug-likeness (QED) is 0.312. The second-order valence-corrected chi connectivity index (χ2v) is 9.77. The Balaban J connectivity index is 1.64. The number of thioether (sulfide) groups is 1. The number of rotatable bonds is 6. The molecule has 0 saturated carbocycles. The van der Waals surface area contributed by atoms with Crippen LogP contribution in [0.15, 0.2) is 57.1 Å². The Morgan fingerprint density at radius 1 is 1.29 bits per heavy atom. The maximum Gasteiger partial charge on any atom is 0.263 e. The predicted molar refractivity (Wildman–Crippen MR) is 128 cm³/mol. The van der Waals surface area contributed by atoms with E-state index < -0.39 is 5.25 Å². The van der Waals surface area contributed by atoms with Gasteiger partial charge < -0.3 is 5.32 Å². The summed E-state index contributed by atoms with van der Waals surface area (Å²) in [6.07, 6.45) is 0. The van der Waals surface area contributed by atoms with Gasteiger partial charge in [-0.15, -0.1) is 22.7 Å². The van der Waals surface area contributed by atoms with Crippen molar-refractivity contribution in [1.29, 1.82) is 5.26 Å². The van der Waals surface area contributed by atoms with Gasteiger partial charge in [0.05, 0.1) is 21.9 Å². The van der Waals surface area contributed by atoms with E-state index in [1.807, 2.05) is 29.8 Å². The molecule has 4 rings (SSSR count). The molecule has 0 spiro atoms. The SMILES string of the molecule is CCn1c(SC(C)C(=O)Nc2ccccc2C#N)nc2scc(-c3cccs3)c2c1=O. The van der Waals surface area contributed by atoms with Gasteiger partial charge in [-0.3, -0.25) is 14.2 Å². The van der Waals surface area contributed by atoms with Gasteiger partial charge in [0.25, 0.3) is 5.56 Å². The van der Waals surface area contributed by atoms with E-state index in [1.54, 1.807) is 47.1 Å². The van der Waals surface area contributed by atoms with Crippen molar-refractivity contribution in [1.82, 2.24) is 9.55 Å². The Morgan fingerprint density at radius 2 is 2.10 bits per heavy atom. The average Bonchev–Trinajstić information content (AvgIpc) is 3.44. The number of nitriles is 1. The number of thiophene rings is 2. The van der Waals surface area contributed by atoms with Crippen LogP contribution in [-0.4, -0.2) is 20.7 Å². The van der Waals surface area contributed by atoms with E-state index in [4.69, 9.17) is 4.98 Å². The minimum Gasteiger partial charge on any atom is -0.324 e. The summed E-state index contributed by atoms with van der Waals surface area (Å²) in [5.74, 6) is -0.254. The molecule has 4 aromatic rings. The van der Waals surface area contributed by atoms with Gasteiger partial charge in [0, 0.05) is 22.4 Å². The molecule has 0 aliphatic carbocycles. The standard InChI is InChI=1S/C22H18N4O2S3/c1-3-26-21(28)18-15(17-9-6-10-29-17)12-30-20(18)25-22(26)31-13(2)19(27)24-16-8-5-4-7-14(16)11-23/h4-10,12-13H,3H2,1-2H3,(H,24,27). The highest BCUT2D eigenvalue weighted by Gasteiger charge is 2.22. The lowest BCUT2D eigenvalue weighted by molar-refractivity contribution is -0.115. The number of para-hydroxylation sites is 1. The predicted octanol–water partition coefficient (Wildman–Crippen LogP) is 5.20. The highest BCUT2D eigenvalue weighted by Crippen LogP contribution is 2.35. The second-order valence-electron chi connectivity index (χ2n) is 6.66. The van der Waals surface area contributed by atoms with E-state index in [1.165, 1.54) is 23.1 Å². The van der Waals surface area contributed by atoms with Gasteiger partial charge in [0.2, 0.25) is 5.91 Å². The number of nitrogens with one attached hydrogen (secondary N) is 1. The van der Waals surface area contributed by atoms with Crippen molar-refractivity contribution in [2.45, 2.75) is 30.8 Å². The van der Waals surface area contributed by atoms with E-state index in [9.17, 15) is 14.9 Å². The first kappa shape index (κ1) is 21.3. The molecule has 3 aromatic heterocycles. The Hall–Kier alpha value is -2.93. The third kappa shape index (κ3) is 4.14. The first-order chi connectivity index (χ1) is 15.0. The van der Waals surface area contributed by atoms with Crippen LogP contribution in [0.3, 0.4) is 0 Å². The molecule has 3 heterocycles. The highest BCUT2D eigenvalue weighted by atomic mass is 32.2. The molecule has 1 atom stereocenters.